The molecule has 8 heteroatoms. The highest BCUT2D eigenvalue weighted by Crippen LogP contribution is 2.23. The van der Waals surface area contributed by atoms with Crippen LogP contribution < -0.4 is 5.32 Å². The van der Waals surface area contributed by atoms with Crippen molar-refractivity contribution in [2.24, 2.45) is 5.92 Å². The van der Waals surface area contributed by atoms with Crippen LogP contribution in [0.5, 0.6) is 0 Å². The third-order valence-electron chi connectivity index (χ3n) is 3.30. The molecule has 132 valence electrons. The Morgan fingerprint density at radius 2 is 1.96 bits per heavy atom. The van der Waals surface area contributed by atoms with Gasteiger partial charge in [0.25, 0.3) is 11.6 Å². The molecule has 0 saturated heterocycles. The molecule has 24 heavy (non-hydrogen) atoms. The Hall–Kier alpha value is -2.15. The topological polar surface area (TPSA) is 98.5 Å². The minimum absolute atomic E-state index is 0.0124. The van der Waals surface area contributed by atoms with E-state index in [0.717, 1.165) is 25.0 Å². The van der Waals surface area contributed by atoms with Crippen LogP contribution in [0.1, 0.15) is 44.0 Å². The summed E-state index contributed by atoms with van der Waals surface area (Å²) in [6.07, 6.45) is 1.82. The molecular formula is C16H21ClN2O5. The molecule has 0 aromatic heterocycles. The maximum absolute atomic E-state index is 11.9. The van der Waals surface area contributed by atoms with E-state index in [1.54, 1.807) is 0 Å². The van der Waals surface area contributed by atoms with Crippen LogP contribution in [0.3, 0.4) is 0 Å². The van der Waals surface area contributed by atoms with E-state index < -0.39 is 23.4 Å². The summed E-state index contributed by atoms with van der Waals surface area (Å²) in [5.74, 6) is -0.663. The molecule has 0 spiro atoms. The smallest absolute Gasteiger partial charge is 0.340 e. The summed E-state index contributed by atoms with van der Waals surface area (Å²) >= 11 is 5.83. The lowest BCUT2D eigenvalue weighted by atomic mass is 10.0. The number of hydrogen-bond donors (Lipinski definition) is 1. The minimum Gasteiger partial charge on any atom is -0.452 e. The number of esters is 1. The second-order valence-electron chi connectivity index (χ2n) is 5.94. The van der Waals surface area contributed by atoms with Gasteiger partial charge in [-0.25, -0.2) is 4.79 Å². The zero-order chi connectivity index (χ0) is 18.3. The number of nitro groups is 1. The van der Waals surface area contributed by atoms with Crippen molar-refractivity contribution in [2.45, 2.75) is 39.7 Å². The Balaban J connectivity index is 2.51. The van der Waals surface area contributed by atoms with Gasteiger partial charge in [0.05, 0.1) is 15.5 Å². The molecule has 0 aliphatic rings. The Bertz CT molecular complexity index is 618. The van der Waals surface area contributed by atoms with E-state index in [9.17, 15) is 19.7 Å². The van der Waals surface area contributed by atoms with Gasteiger partial charge in [-0.15, -0.1) is 0 Å². The molecule has 0 bridgehead atoms. The predicted molar refractivity (Wildman–Crippen MR) is 90.1 cm³/mol. The fourth-order valence-corrected chi connectivity index (χ4v) is 2.22. The molecule has 1 amide bonds. The predicted octanol–water partition coefficient (Wildman–Crippen LogP) is 3.35. The number of ether oxygens (including phenoxy) is 1. The molecule has 0 aliphatic heterocycles. The third kappa shape index (κ3) is 6.54. The van der Waals surface area contributed by atoms with Crippen LogP contribution in [0.4, 0.5) is 5.69 Å². The molecule has 0 unspecified atom stereocenters. The quantitative estimate of drug-likeness (QED) is 0.437. The number of amides is 1. The number of carbonyl (C=O) groups excluding carboxylic acids is 2. The Morgan fingerprint density at radius 3 is 2.50 bits per heavy atom. The van der Waals surface area contributed by atoms with Gasteiger partial charge in [0.1, 0.15) is 0 Å². The van der Waals surface area contributed by atoms with Gasteiger partial charge in [-0.05, 0) is 31.7 Å². The van der Waals surface area contributed by atoms with Crippen molar-refractivity contribution in [3.05, 3.63) is 38.9 Å². The van der Waals surface area contributed by atoms with Crippen molar-refractivity contribution in [1.29, 1.82) is 0 Å². The average molecular weight is 357 g/mol. The molecule has 1 aromatic carbocycles. The molecule has 1 aromatic rings. The number of non-ortho nitro benzene ring substituents is 1. The summed E-state index contributed by atoms with van der Waals surface area (Å²) in [6, 6.07) is 3.40. The highest BCUT2D eigenvalue weighted by Gasteiger charge is 2.17. The molecule has 1 rings (SSSR count). The third-order valence-corrected chi connectivity index (χ3v) is 3.61. The summed E-state index contributed by atoms with van der Waals surface area (Å²) < 4.78 is 4.89. The summed E-state index contributed by atoms with van der Waals surface area (Å²) in [7, 11) is 0. The largest absolute Gasteiger partial charge is 0.452 e. The van der Waals surface area contributed by atoms with Crippen LogP contribution in [-0.2, 0) is 9.53 Å². The zero-order valence-corrected chi connectivity index (χ0v) is 14.6. The number of nitro benzene ring substituents is 1. The van der Waals surface area contributed by atoms with Crippen molar-refractivity contribution in [1.82, 2.24) is 5.32 Å². The molecule has 0 saturated carbocycles. The minimum atomic E-state index is -0.806. The van der Waals surface area contributed by atoms with Crippen molar-refractivity contribution in [2.75, 3.05) is 6.61 Å². The summed E-state index contributed by atoms with van der Waals surface area (Å²) in [5.41, 5.74) is -0.254. The Morgan fingerprint density at radius 1 is 1.29 bits per heavy atom. The van der Waals surface area contributed by atoms with E-state index in [0.29, 0.717) is 5.92 Å². The van der Waals surface area contributed by atoms with E-state index >= 15 is 0 Å². The maximum atomic E-state index is 11.9. The molecule has 0 radical (unpaired) electrons. The first-order valence-electron chi connectivity index (χ1n) is 7.61. The van der Waals surface area contributed by atoms with Crippen LogP contribution in [0.15, 0.2) is 18.2 Å². The highest BCUT2D eigenvalue weighted by atomic mass is 35.5. The molecule has 1 atom stereocenters. The molecule has 7 nitrogen and oxygen atoms in total. The van der Waals surface area contributed by atoms with Crippen LogP contribution in [0.25, 0.3) is 0 Å². The summed E-state index contributed by atoms with van der Waals surface area (Å²) in [6.45, 7) is 5.65. The fraction of sp³-hybridized carbons (Fsp3) is 0.500. The van der Waals surface area contributed by atoms with Gasteiger partial charge in [0.2, 0.25) is 0 Å². The van der Waals surface area contributed by atoms with Crippen LogP contribution in [0.2, 0.25) is 5.02 Å². The van der Waals surface area contributed by atoms with Gasteiger partial charge in [-0.2, -0.15) is 0 Å². The molecule has 0 heterocycles. The van der Waals surface area contributed by atoms with Gasteiger partial charge in [0.15, 0.2) is 6.61 Å². The number of halogens is 1. The standard InChI is InChI=1S/C16H21ClN2O5/c1-10(2)4-5-11(3)18-15(20)9-24-16(21)13-7-6-12(19(22)23)8-14(13)17/h6-8,10-11H,4-5,9H2,1-3H3,(H,18,20)/t11-/m1/s1. The van der Waals surface area contributed by atoms with Gasteiger partial charge in [0, 0.05) is 18.2 Å². The van der Waals surface area contributed by atoms with Crippen LogP contribution >= 0.6 is 11.6 Å². The second-order valence-corrected chi connectivity index (χ2v) is 6.34. The first kappa shape index (κ1) is 19.9. The number of carbonyl (C=O) groups is 2. The lowest BCUT2D eigenvalue weighted by Crippen LogP contribution is -2.36. The first-order chi connectivity index (χ1) is 11.2. The number of rotatable bonds is 8. The molecule has 1 N–H and O–H groups in total. The first-order valence-corrected chi connectivity index (χ1v) is 7.99. The summed E-state index contributed by atoms with van der Waals surface area (Å²) in [4.78, 5) is 33.7. The Labute approximate surface area is 145 Å². The number of benzene rings is 1. The zero-order valence-electron chi connectivity index (χ0n) is 13.9. The molecule has 0 fully saturated rings. The van der Waals surface area contributed by atoms with E-state index in [-0.39, 0.29) is 22.3 Å². The van der Waals surface area contributed by atoms with E-state index in [4.69, 9.17) is 16.3 Å². The maximum Gasteiger partial charge on any atom is 0.340 e. The van der Waals surface area contributed by atoms with Gasteiger partial charge >= 0.3 is 5.97 Å². The average Bonchev–Trinajstić information content (AvgIpc) is 2.50. The number of nitrogens with one attached hydrogen (secondary N) is 1. The molecular weight excluding hydrogens is 336 g/mol. The summed E-state index contributed by atoms with van der Waals surface area (Å²) in [5, 5.41) is 13.3. The van der Waals surface area contributed by atoms with E-state index in [2.05, 4.69) is 19.2 Å². The molecule has 0 aliphatic carbocycles. The van der Waals surface area contributed by atoms with Crippen molar-refractivity contribution in [3.63, 3.8) is 0 Å². The van der Waals surface area contributed by atoms with Crippen molar-refractivity contribution >= 4 is 29.2 Å². The van der Waals surface area contributed by atoms with Crippen molar-refractivity contribution < 1.29 is 19.2 Å². The highest BCUT2D eigenvalue weighted by molar-refractivity contribution is 6.33. The van der Waals surface area contributed by atoms with Crippen molar-refractivity contribution in [3.8, 4) is 0 Å². The van der Waals surface area contributed by atoms with Crippen LogP contribution in [-0.4, -0.2) is 29.4 Å². The lowest BCUT2D eigenvalue weighted by molar-refractivity contribution is -0.384. The SMILES string of the molecule is CC(C)CC[C@@H](C)NC(=O)COC(=O)c1ccc([N+](=O)[O-])cc1Cl. The van der Waals surface area contributed by atoms with E-state index in [1.165, 1.54) is 6.07 Å². The van der Waals surface area contributed by atoms with Gasteiger partial charge in [-0.3, -0.25) is 14.9 Å². The normalized spacial score (nSPS) is 11.9. The lowest BCUT2D eigenvalue weighted by Gasteiger charge is -2.15. The van der Waals surface area contributed by atoms with Gasteiger partial charge < -0.3 is 10.1 Å². The number of hydrogen-bond acceptors (Lipinski definition) is 5. The van der Waals surface area contributed by atoms with Gasteiger partial charge in [-0.1, -0.05) is 25.4 Å². The second kappa shape index (κ2) is 9.22. The monoisotopic (exact) mass is 356 g/mol. The number of nitrogens with zero attached hydrogens (tertiary/aromatic N) is 1. The van der Waals surface area contributed by atoms with Crippen LogP contribution in [0, 0.1) is 16.0 Å². The fourth-order valence-electron chi connectivity index (χ4n) is 1.96. The van der Waals surface area contributed by atoms with E-state index in [1.807, 2.05) is 6.92 Å². The Kier molecular flexibility index (Phi) is 7.64.